The molecule has 19 heavy (non-hydrogen) atoms. The molecule has 2 N–H and O–H groups in total. The molecule has 0 saturated heterocycles. The monoisotopic (exact) mass is 379 g/mol. The first-order chi connectivity index (χ1) is 8.90. The summed E-state index contributed by atoms with van der Waals surface area (Å²) in [6, 6.07) is 3.97. The van der Waals surface area contributed by atoms with Crippen LogP contribution in [0.15, 0.2) is 18.2 Å². The van der Waals surface area contributed by atoms with E-state index >= 15 is 0 Å². The zero-order chi connectivity index (χ0) is 14.4. The van der Waals surface area contributed by atoms with Crippen molar-refractivity contribution in [1.82, 2.24) is 5.32 Å². The Morgan fingerprint density at radius 3 is 2.74 bits per heavy atom. The number of nitrogens with one attached hydrogen (secondary N) is 1. The van der Waals surface area contributed by atoms with Crippen molar-refractivity contribution in [2.75, 3.05) is 6.54 Å². The highest BCUT2D eigenvalue weighted by Gasteiger charge is 2.12. The maximum atomic E-state index is 12.9. The number of carboxylic acids is 1. The van der Waals surface area contributed by atoms with Gasteiger partial charge in [0.05, 0.1) is 5.56 Å². The molecule has 0 fully saturated rings. The summed E-state index contributed by atoms with van der Waals surface area (Å²) in [4.78, 5) is 22.3. The third-order valence-electron chi connectivity index (χ3n) is 2.64. The van der Waals surface area contributed by atoms with Gasteiger partial charge in [0.15, 0.2) is 0 Å². The molecule has 1 rings (SSSR count). The number of carbonyl (C=O) groups is 2. The van der Waals surface area contributed by atoms with Gasteiger partial charge in [0, 0.05) is 16.5 Å². The number of amides is 1. The first-order valence-corrected chi connectivity index (χ1v) is 6.93. The number of rotatable bonds is 6. The molecule has 0 aromatic heterocycles. The van der Waals surface area contributed by atoms with Crippen molar-refractivity contribution < 1.29 is 19.1 Å². The summed E-state index contributed by atoms with van der Waals surface area (Å²) in [7, 11) is 0. The van der Waals surface area contributed by atoms with Crippen LogP contribution < -0.4 is 5.32 Å². The Bertz CT molecular complexity index is 479. The van der Waals surface area contributed by atoms with Crippen molar-refractivity contribution in [3.63, 3.8) is 0 Å². The van der Waals surface area contributed by atoms with Gasteiger partial charge in [-0.05, 0) is 53.1 Å². The molecule has 0 bridgehead atoms. The molecule has 0 spiro atoms. The molecule has 0 aliphatic heterocycles. The molecule has 1 unspecified atom stereocenters. The average molecular weight is 379 g/mol. The van der Waals surface area contributed by atoms with E-state index in [4.69, 9.17) is 5.11 Å². The lowest BCUT2D eigenvalue weighted by Gasteiger charge is -2.12. The van der Waals surface area contributed by atoms with Crippen molar-refractivity contribution in [2.45, 2.75) is 19.8 Å². The molecular weight excluding hydrogens is 364 g/mol. The second-order valence-electron chi connectivity index (χ2n) is 4.37. The standard InChI is InChI=1S/C13H15FINO3/c1-8(2-5-12(17)18)7-16-13(19)10-4-3-9(14)6-11(10)15/h3-4,6,8H,2,5,7H2,1H3,(H,16,19)(H,17,18). The van der Waals surface area contributed by atoms with E-state index in [1.807, 2.05) is 29.5 Å². The van der Waals surface area contributed by atoms with Gasteiger partial charge in [-0.15, -0.1) is 0 Å². The predicted molar refractivity (Wildman–Crippen MR) is 77.5 cm³/mol. The van der Waals surface area contributed by atoms with Gasteiger partial charge in [0.25, 0.3) is 5.91 Å². The molecule has 0 saturated carbocycles. The molecule has 0 aliphatic rings. The number of benzene rings is 1. The fourth-order valence-corrected chi connectivity index (χ4v) is 2.23. The van der Waals surface area contributed by atoms with E-state index in [-0.39, 0.29) is 24.1 Å². The van der Waals surface area contributed by atoms with E-state index in [1.165, 1.54) is 18.2 Å². The molecule has 1 atom stereocenters. The van der Waals surface area contributed by atoms with E-state index < -0.39 is 5.97 Å². The normalized spacial score (nSPS) is 11.9. The van der Waals surface area contributed by atoms with E-state index in [0.29, 0.717) is 22.1 Å². The zero-order valence-corrected chi connectivity index (χ0v) is 12.6. The first-order valence-electron chi connectivity index (χ1n) is 5.85. The van der Waals surface area contributed by atoms with Crippen LogP contribution in [-0.4, -0.2) is 23.5 Å². The highest BCUT2D eigenvalue weighted by molar-refractivity contribution is 14.1. The summed E-state index contributed by atoms with van der Waals surface area (Å²) in [5.74, 6) is -1.41. The molecule has 0 heterocycles. The molecule has 4 nitrogen and oxygen atoms in total. The van der Waals surface area contributed by atoms with Crippen LogP contribution in [0, 0.1) is 15.3 Å². The molecule has 0 radical (unpaired) electrons. The Balaban J connectivity index is 2.49. The third-order valence-corrected chi connectivity index (χ3v) is 3.53. The summed E-state index contributed by atoms with van der Waals surface area (Å²) in [6.45, 7) is 2.28. The van der Waals surface area contributed by atoms with Crippen LogP contribution in [0.1, 0.15) is 30.1 Å². The number of hydrogen-bond donors (Lipinski definition) is 2. The van der Waals surface area contributed by atoms with Gasteiger partial charge in [-0.2, -0.15) is 0 Å². The van der Waals surface area contributed by atoms with Gasteiger partial charge >= 0.3 is 5.97 Å². The van der Waals surface area contributed by atoms with Crippen molar-refractivity contribution >= 4 is 34.5 Å². The molecule has 0 aliphatic carbocycles. The maximum Gasteiger partial charge on any atom is 0.303 e. The van der Waals surface area contributed by atoms with E-state index in [2.05, 4.69) is 5.32 Å². The fourth-order valence-electron chi connectivity index (χ4n) is 1.51. The van der Waals surface area contributed by atoms with Crippen LogP contribution in [0.5, 0.6) is 0 Å². The molecule has 1 aromatic rings. The summed E-state index contributed by atoms with van der Waals surface area (Å²) < 4.78 is 13.5. The average Bonchev–Trinajstić information content (AvgIpc) is 2.33. The smallest absolute Gasteiger partial charge is 0.303 e. The molecule has 6 heteroatoms. The van der Waals surface area contributed by atoms with E-state index in [0.717, 1.165) is 0 Å². The van der Waals surface area contributed by atoms with Crippen LogP contribution >= 0.6 is 22.6 Å². The summed E-state index contributed by atoms with van der Waals surface area (Å²) in [5, 5.41) is 11.3. The quantitative estimate of drug-likeness (QED) is 0.747. The lowest BCUT2D eigenvalue weighted by atomic mass is 10.1. The fraction of sp³-hybridized carbons (Fsp3) is 0.385. The van der Waals surface area contributed by atoms with Gasteiger partial charge in [-0.3, -0.25) is 9.59 Å². The van der Waals surface area contributed by atoms with Gasteiger partial charge < -0.3 is 10.4 Å². The second-order valence-corrected chi connectivity index (χ2v) is 5.53. The van der Waals surface area contributed by atoms with Gasteiger partial charge in [0.1, 0.15) is 5.82 Å². The number of aliphatic carboxylic acids is 1. The summed E-state index contributed by atoms with van der Waals surface area (Å²) in [6.07, 6.45) is 0.598. The van der Waals surface area contributed by atoms with Gasteiger partial charge in [-0.25, -0.2) is 4.39 Å². The van der Waals surface area contributed by atoms with Crippen LogP contribution in [0.2, 0.25) is 0 Å². The SMILES string of the molecule is CC(CCC(=O)O)CNC(=O)c1ccc(F)cc1I. The highest BCUT2D eigenvalue weighted by Crippen LogP contribution is 2.14. The van der Waals surface area contributed by atoms with E-state index in [9.17, 15) is 14.0 Å². The number of halogens is 2. The summed E-state index contributed by atoms with van der Waals surface area (Å²) >= 11 is 1.91. The minimum atomic E-state index is -0.841. The lowest BCUT2D eigenvalue weighted by molar-refractivity contribution is -0.137. The number of hydrogen-bond acceptors (Lipinski definition) is 2. The van der Waals surface area contributed by atoms with Crippen LogP contribution in [0.4, 0.5) is 4.39 Å². The largest absolute Gasteiger partial charge is 0.481 e. The lowest BCUT2D eigenvalue weighted by Crippen LogP contribution is -2.29. The molecular formula is C13H15FINO3. The second kappa shape index (κ2) is 7.42. The first kappa shape index (κ1) is 15.9. The number of carboxylic acid groups (broad SMARTS) is 1. The van der Waals surface area contributed by atoms with Crippen molar-refractivity contribution in [3.8, 4) is 0 Å². The minimum absolute atomic E-state index is 0.0816. The Labute approximate surface area is 124 Å². The van der Waals surface area contributed by atoms with Crippen LogP contribution in [0.3, 0.4) is 0 Å². The minimum Gasteiger partial charge on any atom is -0.481 e. The third kappa shape index (κ3) is 5.54. The Morgan fingerprint density at radius 2 is 2.16 bits per heavy atom. The van der Waals surface area contributed by atoms with Crippen molar-refractivity contribution in [2.24, 2.45) is 5.92 Å². The maximum absolute atomic E-state index is 12.9. The molecule has 1 amide bonds. The van der Waals surface area contributed by atoms with Gasteiger partial charge in [0.2, 0.25) is 0 Å². The van der Waals surface area contributed by atoms with E-state index in [1.54, 1.807) is 0 Å². The summed E-state index contributed by atoms with van der Waals surface area (Å²) in [5.41, 5.74) is 0.424. The zero-order valence-electron chi connectivity index (χ0n) is 10.5. The molecule has 104 valence electrons. The highest BCUT2D eigenvalue weighted by atomic mass is 127. The van der Waals surface area contributed by atoms with Crippen molar-refractivity contribution in [3.05, 3.63) is 33.1 Å². The van der Waals surface area contributed by atoms with Crippen molar-refractivity contribution in [1.29, 1.82) is 0 Å². The Hall–Kier alpha value is -1.18. The Morgan fingerprint density at radius 1 is 1.47 bits per heavy atom. The van der Waals surface area contributed by atoms with Crippen LogP contribution in [-0.2, 0) is 4.79 Å². The molecule has 1 aromatic carbocycles. The predicted octanol–water partition coefficient (Wildman–Crippen LogP) is 2.66. The number of carbonyl (C=O) groups excluding carboxylic acids is 1. The van der Waals surface area contributed by atoms with Gasteiger partial charge in [-0.1, -0.05) is 6.92 Å². The van der Waals surface area contributed by atoms with Crippen LogP contribution in [0.25, 0.3) is 0 Å². The Kier molecular flexibility index (Phi) is 6.20. The topological polar surface area (TPSA) is 66.4 Å².